The number of amides is 1. The van der Waals surface area contributed by atoms with E-state index >= 15 is 0 Å². The third kappa shape index (κ3) is 5.68. The number of nitrogens with zero attached hydrogens (tertiary/aromatic N) is 2. The molecule has 0 unspecified atom stereocenters. The van der Waals surface area contributed by atoms with Crippen LogP contribution in [-0.4, -0.2) is 23.5 Å². The Kier molecular flexibility index (Phi) is 6.98. The molecular weight excluding hydrogens is 196 g/mol. The average molecular weight is 212 g/mol. The number of hydrogen-bond acceptors (Lipinski definition) is 4. The van der Waals surface area contributed by atoms with Crippen LogP contribution in [-0.2, 0) is 14.4 Å². The second-order valence-electron chi connectivity index (χ2n) is 2.99. The van der Waals surface area contributed by atoms with Crippen LogP contribution in [0.3, 0.4) is 0 Å². The van der Waals surface area contributed by atoms with Crippen molar-refractivity contribution in [3.8, 4) is 6.07 Å². The molecule has 0 aliphatic carbocycles. The number of hydrogen-bond donors (Lipinski definition) is 0. The van der Waals surface area contributed by atoms with Crippen LogP contribution in [0.4, 0.5) is 0 Å². The SMILES string of the molecule is CCCCC(=O)N(CC)OC(=O)CC#N. The van der Waals surface area contributed by atoms with Crippen molar-refractivity contribution in [2.24, 2.45) is 0 Å². The lowest BCUT2D eigenvalue weighted by Crippen LogP contribution is -2.33. The van der Waals surface area contributed by atoms with Gasteiger partial charge < -0.3 is 4.84 Å². The van der Waals surface area contributed by atoms with Gasteiger partial charge in [0.25, 0.3) is 5.91 Å². The van der Waals surface area contributed by atoms with Crippen molar-refractivity contribution in [1.82, 2.24) is 5.06 Å². The highest BCUT2D eigenvalue weighted by atomic mass is 16.7. The van der Waals surface area contributed by atoms with Gasteiger partial charge in [0.05, 0.1) is 12.6 Å². The van der Waals surface area contributed by atoms with E-state index in [9.17, 15) is 9.59 Å². The van der Waals surface area contributed by atoms with Crippen molar-refractivity contribution >= 4 is 11.9 Å². The van der Waals surface area contributed by atoms with Gasteiger partial charge in [-0.15, -0.1) is 0 Å². The van der Waals surface area contributed by atoms with Gasteiger partial charge in [0, 0.05) is 6.42 Å². The molecule has 0 N–H and O–H groups in total. The lowest BCUT2D eigenvalue weighted by molar-refractivity contribution is -0.196. The highest BCUT2D eigenvalue weighted by Gasteiger charge is 2.15. The van der Waals surface area contributed by atoms with E-state index in [1.54, 1.807) is 13.0 Å². The molecule has 0 heterocycles. The van der Waals surface area contributed by atoms with Gasteiger partial charge in [0.1, 0.15) is 6.42 Å². The van der Waals surface area contributed by atoms with Crippen LogP contribution in [0.1, 0.15) is 39.5 Å². The summed E-state index contributed by atoms with van der Waals surface area (Å²) < 4.78 is 0. The van der Waals surface area contributed by atoms with Crippen molar-refractivity contribution in [1.29, 1.82) is 5.26 Å². The van der Waals surface area contributed by atoms with Crippen LogP contribution in [0.25, 0.3) is 0 Å². The van der Waals surface area contributed by atoms with Crippen LogP contribution < -0.4 is 0 Å². The molecule has 0 radical (unpaired) electrons. The van der Waals surface area contributed by atoms with Crippen molar-refractivity contribution in [3.05, 3.63) is 0 Å². The van der Waals surface area contributed by atoms with E-state index < -0.39 is 5.97 Å². The third-order valence-electron chi connectivity index (χ3n) is 1.74. The number of unbranched alkanes of at least 4 members (excludes halogenated alkanes) is 1. The second-order valence-corrected chi connectivity index (χ2v) is 2.99. The quantitative estimate of drug-likeness (QED) is 0.646. The van der Waals surface area contributed by atoms with Crippen LogP contribution in [0.2, 0.25) is 0 Å². The predicted molar refractivity (Wildman–Crippen MR) is 53.2 cm³/mol. The van der Waals surface area contributed by atoms with Gasteiger partial charge in [-0.25, -0.2) is 4.79 Å². The van der Waals surface area contributed by atoms with Gasteiger partial charge >= 0.3 is 5.97 Å². The third-order valence-corrected chi connectivity index (χ3v) is 1.74. The zero-order chi connectivity index (χ0) is 11.7. The van der Waals surface area contributed by atoms with E-state index in [0.717, 1.165) is 17.9 Å². The largest absolute Gasteiger partial charge is 0.346 e. The summed E-state index contributed by atoms with van der Waals surface area (Å²) in [7, 11) is 0. The summed E-state index contributed by atoms with van der Waals surface area (Å²) in [4.78, 5) is 27.1. The van der Waals surface area contributed by atoms with E-state index in [0.29, 0.717) is 13.0 Å². The van der Waals surface area contributed by atoms with E-state index in [2.05, 4.69) is 0 Å². The molecule has 5 heteroatoms. The van der Waals surface area contributed by atoms with Crippen LogP contribution in [0.5, 0.6) is 0 Å². The number of nitriles is 1. The van der Waals surface area contributed by atoms with Crippen LogP contribution in [0, 0.1) is 11.3 Å². The first-order valence-corrected chi connectivity index (χ1v) is 5.03. The molecule has 5 nitrogen and oxygen atoms in total. The Balaban J connectivity index is 4.07. The maximum Gasteiger partial charge on any atom is 0.346 e. The number of rotatable bonds is 5. The molecule has 0 rings (SSSR count). The minimum absolute atomic E-state index is 0.217. The first kappa shape index (κ1) is 13.4. The number of hydroxylamine groups is 2. The normalized spacial score (nSPS) is 9.13. The molecule has 0 fully saturated rings. The monoisotopic (exact) mass is 212 g/mol. The number of carbonyl (C=O) groups excluding carboxylic acids is 2. The molecule has 1 amide bonds. The van der Waals surface area contributed by atoms with Gasteiger partial charge in [-0.05, 0) is 13.3 Å². The molecule has 0 saturated heterocycles. The lowest BCUT2D eigenvalue weighted by Gasteiger charge is -2.18. The molecular formula is C10H16N2O3. The van der Waals surface area contributed by atoms with Gasteiger partial charge in [-0.1, -0.05) is 13.3 Å². The van der Waals surface area contributed by atoms with Crippen molar-refractivity contribution < 1.29 is 14.4 Å². The Hall–Kier alpha value is -1.57. The van der Waals surface area contributed by atoms with Crippen molar-refractivity contribution in [2.75, 3.05) is 6.54 Å². The summed E-state index contributed by atoms with van der Waals surface area (Å²) in [6.45, 7) is 3.99. The highest BCUT2D eigenvalue weighted by molar-refractivity contribution is 5.78. The minimum atomic E-state index is -0.691. The highest BCUT2D eigenvalue weighted by Crippen LogP contribution is 2.02. The molecule has 0 aromatic carbocycles. The van der Waals surface area contributed by atoms with E-state index in [1.807, 2.05) is 6.92 Å². The second kappa shape index (κ2) is 7.80. The fourth-order valence-electron chi connectivity index (χ4n) is 0.964. The zero-order valence-electron chi connectivity index (χ0n) is 9.15. The number of carbonyl (C=O) groups is 2. The van der Waals surface area contributed by atoms with Gasteiger partial charge in [-0.3, -0.25) is 4.79 Å². The first-order valence-electron chi connectivity index (χ1n) is 5.03. The predicted octanol–water partition coefficient (Wildman–Crippen LogP) is 1.40. The molecule has 15 heavy (non-hydrogen) atoms. The Morgan fingerprint density at radius 2 is 2.07 bits per heavy atom. The summed E-state index contributed by atoms with van der Waals surface area (Å²) in [5.74, 6) is -0.908. The van der Waals surface area contributed by atoms with Crippen molar-refractivity contribution in [2.45, 2.75) is 39.5 Å². The molecule has 0 aromatic heterocycles. The Morgan fingerprint density at radius 1 is 1.40 bits per heavy atom. The molecule has 84 valence electrons. The van der Waals surface area contributed by atoms with Gasteiger partial charge in [-0.2, -0.15) is 10.3 Å². The molecule has 0 aromatic rings. The van der Waals surface area contributed by atoms with Gasteiger partial charge in [0.15, 0.2) is 0 Å². The molecule has 0 atom stereocenters. The lowest BCUT2D eigenvalue weighted by atomic mass is 10.2. The smallest absolute Gasteiger partial charge is 0.337 e. The summed E-state index contributed by atoms with van der Waals surface area (Å²) in [6.07, 6.45) is 1.71. The molecule has 0 aliphatic heterocycles. The van der Waals surface area contributed by atoms with Gasteiger partial charge in [0.2, 0.25) is 0 Å². The Morgan fingerprint density at radius 3 is 2.53 bits per heavy atom. The summed E-state index contributed by atoms with van der Waals surface area (Å²) >= 11 is 0. The summed E-state index contributed by atoms with van der Waals surface area (Å²) in [5.41, 5.74) is 0. The molecule has 0 spiro atoms. The van der Waals surface area contributed by atoms with E-state index in [-0.39, 0.29) is 12.3 Å². The van der Waals surface area contributed by atoms with E-state index in [1.165, 1.54) is 0 Å². The first-order chi connectivity index (χ1) is 7.15. The summed E-state index contributed by atoms with van der Waals surface area (Å²) in [6, 6.07) is 1.67. The maximum absolute atomic E-state index is 11.4. The fraction of sp³-hybridized carbons (Fsp3) is 0.700. The molecule has 0 bridgehead atoms. The minimum Gasteiger partial charge on any atom is -0.337 e. The zero-order valence-corrected chi connectivity index (χ0v) is 9.15. The average Bonchev–Trinajstić information content (AvgIpc) is 2.22. The van der Waals surface area contributed by atoms with E-state index in [4.69, 9.17) is 10.1 Å². The standard InChI is InChI=1S/C10H16N2O3/c1-3-5-6-9(13)12(4-2)15-10(14)7-8-11/h3-7H2,1-2H3. The van der Waals surface area contributed by atoms with Crippen molar-refractivity contribution in [3.63, 3.8) is 0 Å². The maximum atomic E-state index is 11.4. The summed E-state index contributed by atoms with van der Waals surface area (Å²) in [5, 5.41) is 9.26. The Labute approximate surface area is 89.6 Å². The molecule has 0 aliphatic rings. The topological polar surface area (TPSA) is 70.4 Å². The van der Waals surface area contributed by atoms with Crippen LogP contribution >= 0.6 is 0 Å². The van der Waals surface area contributed by atoms with Crippen LogP contribution in [0.15, 0.2) is 0 Å². The molecule has 0 saturated carbocycles. The fourth-order valence-corrected chi connectivity index (χ4v) is 0.964. The Bertz CT molecular complexity index is 258.